The highest BCUT2D eigenvalue weighted by Crippen LogP contribution is 2.63. The lowest BCUT2D eigenvalue weighted by Gasteiger charge is -2.60. The fraction of sp³-hybridized carbons (Fsp3) is 0.812. The van der Waals surface area contributed by atoms with E-state index in [4.69, 9.17) is 8.92 Å². The van der Waals surface area contributed by atoms with Gasteiger partial charge in [0.1, 0.15) is 5.57 Å². The first-order chi connectivity index (χ1) is 11.3. The Balaban J connectivity index is 1.73. The molecular formula is C16H21F3O5S. The van der Waals surface area contributed by atoms with Crippen molar-refractivity contribution in [2.24, 2.45) is 17.3 Å². The van der Waals surface area contributed by atoms with Gasteiger partial charge in [0.05, 0.1) is 18.5 Å². The largest absolute Gasteiger partial charge is 0.462 e. The van der Waals surface area contributed by atoms with E-state index in [0.717, 1.165) is 12.7 Å². The number of ether oxygens (including phenoxy) is 1. The third-order valence-corrected chi connectivity index (χ3v) is 6.21. The topological polar surface area (TPSA) is 69.7 Å². The molecule has 0 heterocycles. The van der Waals surface area contributed by atoms with Crippen molar-refractivity contribution in [3.8, 4) is 0 Å². The van der Waals surface area contributed by atoms with Gasteiger partial charge in [-0.05, 0) is 50.4 Å². The van der Waals surface area contributed by atoms with E-state index in [2.05, 4.69) is 6.58 Å². The summed E-state index contributed by atoms with van der Waals surface area (Å²) in [5.74, 6) is -0.985. The van der Waals surface area contributed by atoms with Crippen molar-refractivity contribution in [2.75, 3.05) is 12.9 Å². The van der Waals surface area contributed by atoms with Crippen molar-refractivity contribution in [2.45, 2.75) is 50.3 Å². The van der Waals surface area contributed by atoms with Gasteiger partial charge in [-0.1, -0.05) is 6.58 Å². The minimum atomic E-state index is -4.82. The molecule has 0 amide bonds. The zero-order chi connectivity index (χ0) is 18.7. The third kappa shape index (κ3) is 3.86. The highest BCUT2D eigenvalue weighted by Gasteiger charge is 2.60. The number of esters is 1. The first-order valence-corrected chi connectivity index (χ1v) is 9.97. The Hall–Kier alpha value is -1.09. The maximum atomic E-state index is 12.5. The number of rotatable bonds is 5. The van der Waals surface area contributed by atoms with Crippen molar-refractivity contribution in [3.05, 3.63) is 12.2 Å². The van der Waals surface area contributed by atoms with Crippen molar-refractivity contribution < 1.29 is 35.3 Å². The van der Waals surface area contributed by atoms with E-state index in [9.17, 15) is 26.4 Å². The van der Waals surface area contributed by atoms with Crippen LogP contribution in [-0.2, 0) is 23.8 Å². The molecular weight excluding hydrogens is 361 g/mol. The number of carbonyl (C=O) groups is 1. The summed E-state index contributed by atoms with van der Waals surface area (Å²) in [5, 5.41) is 0. The molecule has 4 aliphatic rings. The van der Waals surface area contributed by atoms with Gasteiger partial charge in [-0.3, -0.25) is 4.18 Å². The zero-order valence-electron chi connectivity index (χ0n) is 13.9. The van der Waals surface area contributed by atoms with E-state index in [1.54, 1.807) is 0 Å². The van der Waals surface area contributed by atoms with Crippen LogP contribution in [0, 0.1) is 17.3 Å². The van der Waals surface area contributed by atoms with Crippen LogP contribution in [0.1, 0.15) is 38.5 Å². The van der Waals surface area contributed by atoms with E-state index >= 15 is 0 Å². The van der Waals surface area contributed by atoms with Gasteiger partial charge in [-0.2, -0.15) is 21.6 Å². The van der Waals surface area contributed by atoms with E-state index in [0.29, 0.717) is 32.1 Å². The van der Waals surface area contributed by atoms with E-state index in [1.807, 2.05) is 0 Å². The van der Waals surface area contributed by atoms with Crippen molar-refractivity contribution in [1.82, 2.24) is 0 Å². The molecule has 4 saturated carbocycles. The normalized spacial score (nSPS) is 37.1. The predicted molar refractivity (Wildman–Crippen MR) is 81.9 cm³/mol. The van der Waals surface area contributed by atoms with Crippen LogP contribution in [0.3, 0.4) is 0 Å². The van der Waals surface area contributed by atoms with Gasteiger partial charge < -0.3 is 4.74 Å². The third-order valence-electron chi connectivity index (χ3n) is 5.55. The lowest BCUT2D eigenvalue weighted by Crippen LogP contribution is -2.58. The molecule has 5 nitrogen and oxygen atoms in total. The molecule has 0 saturated heterocycles. The monoisotopic (exact) mass is 382 g/mol. The molecule has 142 valence electrons. The Morgan fingerprint density at radius 1 is 1.20 bits per heavy atom. The van der Waals surface area contributed by atoms with Crippen LogP contribution in [0.25, 0.3) is 0 Å². The second kappa shape index (κ2) is 5.70. The maximum Gasteiger partial charge on any atom is 0.422 e. The predicted octanol–water partition coefficient (Wildman–Crippen LogP) is 2.96. The first-order valence-electron chi connectivity index (χ1n) is 8.15. The molecule has 0 radical (unpaired) electrons. The molecule has 4 rings (SSSR count). The molecule has 2 atom stereocenters. The minimum absolute atomic E-state index is 0.164. The molecule has 0 spiro atoms. The Kier molecular flexibility index (Phi) is 4.27. The molecule has 4 fully saturated rings. The average Bonchev–Trinajstić information content (AvgIpc) is 2.38. The average molecular weight is 382 g/mol. The Bertz CT molecular complexity index is 683. The standard InChI is InChI=1S/C16H21F3O5S/c1-10(16(17,18)19)13(20)23-9-14-4-11-3-12(5-14)7-15(6-11,8-14)24-25(2,21)22/h11-12H,1,3-9H2,2H3. The number of hydrogen-bond donors (Lipinski definition) is 0. The van der Waals surface area contributed by atoms with Gasteiger partial charge in [0, 0.05) is 5.41 Å². The van der Waals surface area contributed by atoms with Crippen molar-refractivity contribution in [3.63, 3.8) is 0 Å². The van der Waals surface area contributed by atoms with Gasteiger partial charge in [0.2, 0.25) is 0 Å². The van der Waals surface area contributed by atoms with Gasteiger partial charge in [0.25, 0.3) is 10.1 Å². The van der Waals surface area contributed by atoms with Crippen LogP contribution in [0.2, 0.25) is 0 Å². The van der Waals surface area contributed by atoms with Crippen LogP contribution in [0.15, 0.2) is 12.2 Å². The summed E-state index contributed by atoms with van der Waals surface area (Å²) < 4.78 is 71.2. The molecule has 2 unspecified atom stereocenters. The number of alkyl halides is 3. The van der Waals surface area contributed by atoms with Gasteiger partial charge >= 0.3 is 12.1 Å². The Morgan fingerprint density at radius 2 is 1.76 bits per heavy atom. The molecule has 0 aromatic rings. The van der Waals surface area contributed by atoms with E-state index < -0.39 is 38.9 Å². The minimum Gasteiger partial charge on any atom is -0.462 e. The molecule has 0 aromatic carbocycles. The zero-order valence-corrected chi connectivity index (χ0v) is 14.7. The molecule has 0 aliphatic heterocycles. The summed E-state index contributed by atoms with van der Waals surface area (Å²) in [4.78, 5) is 11.6. The van der Waals surface area contributed by atoms with Crippen LogP contribution in [0.5, 0.6) is 0 Å². The second-order valence-corrected chi connectivity index (χ2v) is 9.56. The Labute approximate surface area is 144 Å². The SMILES string of the molecule is C=C(C(=O)OCC12CC3CC(C1)CC(OS(C)(=O)=O)(C3)C2)C(F)(F)F. The summed E-state index contributed by atoms with van der Waals surface area (Å²) >= 11 is 0. The van der Waals surface area contributed by atoms with Crippen molar-refractivity contribution >= 4 is 16.1 Å². The quantitative estimate of drug-likeness (QED) is 0.415. The fourth-order valence-corrected chi connectivity index (χ4v) is 6.21. The highest BCUT2D eigenvalue weighted by atomic mass is 32.2. The van der Waals surface area contributed by atoms with Gasteiger partial charge in [-0.15, -0.1) is 0 Å². The highest BCUT2D eigenvalue weighted by molar-refractivity contribution is 7.86. The molecule has 9 heteroatoms. The summed E-state index contributed by atoms with van der Waals surface area (Å²) in [6.07, 6.45) is 0.202. The first kappa shape index (κ1) is 18.7. The molecule has 0 aromatic heterocycles. The number of carbonyl (C=O) groups excluding carboxylic acids is 1. The number of hydrogen-bond acceptors (Lipinski definition) is 5. The van der Waals surface area contributed by atoms with E-state index in [-0.39, 0.29) is 18.4 Å². The van der Waals surface area contributed by atoms with Crippen LogP contribution in [0.4, 0.5) is 13.2 Å². The van der Waals surface area contributed by atoms with Crippen LogP contribution in [-0.4, -0.2) is 39.0 Å². The smallest absolute Gasteiger partial charge is 0.422 e. The summed E-state index contributed by atoms with van der Waals surface area (Å²) in [7, 11) is -3.65. The maximum absolute atomic E-state index is 12.5. The molecule has 4 aliphatic carbocycles. The van der Waals surface area contributed by atoms with Crippen molar-refractivity contribution in [1.29, 1.82) is 0 Å². The second-order valence-electron chi connectivity index (χ2n) is 7.98. The van der Waals surface area contributed by atoms with Crippen LogP contribution < -0.4 is 0 Å². The fourth-order valence-electron chi connectivity index (χ4n) is 5.37. The van der Waals surface area contributed by atoms with Gasteiger partial charge in [0.15, 0.2) is 0 Å². The van der Waals surface area contributed by atoms with Crippen LogP contribution >= 0.6 is 0 Å². The molecule has 25 heavy (non-hydrogen) atoms. The van der Waals surface area contributed by atoms with E-state index in [1.165, 1.54) is 0 Å². The summed E-state index contributed by atoms with van der Waals surface area (Å²) in [5.41, 5.74) is -2.86. The Morgan fingerprint density at radius 3 is 2.24 bits per heavy atom. The molecule has 0 N–H and O–H groups in total. The van der Waals surface area contributed by atoms with Gasteiger partial charge in [-0.25, -0.2) is 4.79 Å². The number of halogens is 3. The molecule has 4 bridgehead atoms. The summed E-state index contributed by atoms with van der Waals surface area (Å²) in [6.45, 7) is 2.59. The lowest BCUT2D eigenvalue weighted by molar-refractivity contribution is -0.179. The lowest BCUT2D eigenvalue weighted by atomic mass is 9.48. The summed E-state index contributed by atoms with van der Waals surface area (Å²) in [6, 6.07) is 0.